The minimum Gasteiger partial charge on any atom is -0.496 e. The highest BCUT2D eigenvalue weighted by molar-refractivity contribution is 7.78. The lowest BCUT2D eigenvalue weighted by Crippen LogP contribution is -2.17. The molecular formula is C31H26ClF2NO3S. The highest BCUT2D eigenvalue weighted by Crippen LogP contribution is 2.33. The number of benzene rings is 3. The Hall–Kier alpha value is -3.56. The smallest absolute Gasteiger partial charge is 0.347 e. The fourth-order valence-corrected chi connectivity index (χ4v) is 5.01. The Morgan fingerprint density at radius 3 is 2.72 bits per heavy atom. The number of halogens is 3. The number of nitrogens with zero attached hydrogens (tertiary/aromatic N) is 1. The number of carbonyl (C=O) groups excluding carboxylic acids is 1. The number of isothiocyanates is 1. The highest BCUT2D eigenvalue weighted by Gasteiger charge is 2.24. The van der Waals surface area contributed by atoms with Gasteiger partial charge in [0, 0.05) is 11.6 Å². The average molecular weight is 566 g/mol. The molecule has 39 heavy (non-hydrogen) atoms. The highest BCUT2D eigenvalue weighted by atomic mass is 35.5. The third-order valence-electron chi connectivity index (χ3n) is 6.74. The predicted molar refractivity (Wildman–Crippen MR) is 151 cm³/mol. The molecule has 3 aromatic rings. The number of rotatable bonds is 7. The van der Waals surface area contributed by atoms with E-state index in [0.717, 1.165) is 31.2 Å². The summed E-state index contributed by atoms with van der Waals surface area (Å²) in [4.78, 5) is 16.6. The zero-order chi connectivity index (χ0) is 27.9. The van der Waals surface area contributed by atoms with Crippen LogP contribution in [-0.2, 0) is 12.8 Å². The molecule has 0 saturated heterocycles. The number of thiocarbonyl (C=S) groups is 1. The van der Waals surface area contributed by atoms with E-state index < -0.39 is 17.6 Å². The summed E-state index contributed by atoms with van der Waals surface area (Å²) in [7, 11) is 1.40. The van der Waals surface area contributed by atoms with Crippen molar-refractivity contribution in [2.24, 2.45) is 10.9 Å². The van der Waals surface area contributed by atoms with Gasteiger partial charge in [0.05, 0.1) is 28.5 Å². The molecule has 1 aliphatic rings. The van der Waals surface area contributed by atoms with Gasteiger partial charge >= 0.3 is 5.97 Å². The zero-order valence-corrected chi connectivity index (χ0v) is 23.1. The number of unbranched alkanes of at least 4 members (excludes halogenated alkanes) is 1. The van der Waals surface area contributed by atoms with E-state index in [1.807, 2.05) is 0 Å². The van der Waals surface area contributed by atoms with Crippen molar-refractivity contribution in [3.05, 3.63) is 86.9 Å². The first-order chi connectivity index (χ1) is 18.8. The molecule has 0 amide bonds. The third-order valence-corrected chi connectivity index (χ3v) is 7.13. The lowest BCUT2D eigenvalue weighted by Gasteiger charge is -2.25. The molecule has 3 aromatic carbocycles. The monoisotopic (exact) mass is 565 g/mol. The summed E-state index contributed by atoms with van der Waals surface area (Å²) in [6.07, 6.45) is 5.50. The van der Waals surface area contributed by atoms with E-state index in [0.29, 0.717) is 35.6 Å². The van der Waals surface area contributed by atoms with E-state index in [1.54, 1.807) is 12.1 Å². The minimum absolute atomic E-state index is 0.143. The first-order valence-electron chi connectivity index (χ1n) is 12.6. The molecule has 1 unspecified atom stereocenters. The van der Waals surface area contributed by atoms with Crippen LogP contribution in [0.3, 0.4) is 0 Å². The van der Waals surface area contributed by atoms with Crippen LogP contribution < -0.4 is 9.47 Å². The summed E-state index contributed by atoms with van der Waals surface area (Å²) in [5.74, 6) is 4.38. The summed E-state index contributed by atoms with van der Waals surface area (Å²) in [6, 6.07) is 10.5. The van der Waals surface area contributed by atoms with Crippen molar-refractivity contribution in [2.45, 2.75) is 45.4 Å². The van der Waals surface area contributed by atoms with Crippen molar-refractivity contribution in [3.8, 4) is 23.3 Å². The summed E-state index contributed by atoms with van der Waals surface area (Å²) in [6.45, 7) is 2.14. The van der Waals surface area contributed by atoms with Gasteiger partial charge in [0.25, 0.3) is 0 Å². The van der Waals surface area contributed by atoms with Crippen molar-refractivity contribution < 1.29 is 23.0 Å². The molecule has 0 aliphatic heterocycles. The molecule has 1 atom stereocenters. The van der Waals surface area contributed by atoms with Gasteiger partial charge in [-0.3, -0.25) is 0 Å². The van der Waals surface area contributed by atoms with Crippen molar-refractivity contribution in [1.82, 2.24) is 0 Å². The van der Waals surface area contributed by atoms with Gasteiger partial charge in [-0.25, -0.2) is 13.6 Å². The van der Waals surface area contributed by atoms with Gasteiger partial charge in [-0.1, -0.05) is 49.6 Å². The molecule has 8 heteroatoms. The van der Waals surface area contributed by atoms with Crippen molar-refractivity contribution in [1.29, 1.82) is 0 Å². The second-order valence-electron chi connectivity index (χ2n) is 9.31. The number of methoxy groups -OCH3 is 1. The number of hydrogen-bond acceptors (Lipinski definition) is 5. The minimum atomic E-state index is -0.683. The lowest BCUT2D eigenvalue weighted by atomic mass is 9.80. The lowest BCUT2D eigenvalue weighted by molar-refractivity contribution is 0.0731. The van der Waals surface area contributed by atoms with Crippen LogP contribution >= 0.6 is 23.8 Å². The van der Waals surface area contributed by atoms with Crippen LogP contribution in [0.25, 0.3) is 0 Å². The van der Waals surface area contributed by atoms with Gasteiger partial charge in [-0.2, -0.15) is 4.99 Å². The van der Waals surface area contributed by atoms with Crippen LogP contribution in [0.5, 0.6) is 11.5 Å². The molecular weight excluding hydrogens is 540 g/mol. The van der Waals surface area contributed by atoms with Crippen LogP contribution in [0.2, 0.25) is 5.02 Å². The van der Waals surface area contributed by atoms with Crippen molar-refractivity contribution >= 4 is 40.6 Å². The maximum atomic E-state index is 15.3. The third kappa shape index (κ3) is 6.72. The molecule has 0 fully saturated rings. The van der Waals surface area contributed by atoms with Gasteiger partial charge in [0.15, 0.2) is 0 Å². The first kappa shape index (κ1) is 28.4. The molecule has 0 N–H and O–H groups in total. The van der Waals surface area contributed by atoms with Crippen LogP contribution in [0, 0.1) is 29.4 Å². The SMILES string of the molecule is CCCCC1CCc2c(cc(F)c(C#Cc3ccc(C(=O)Oc4ccc(N=C=S)c(Cl)c4)c(OC)c3)c2F)C1. The number of ether oxygens (including phenoxy) is 2. The van der Waals surface area contributed by atoms with Crippen molar-refractivity contribution in [2.75, 3.05) is 7.11 Å². The van der Waals surface area contributed by atoms with Gasteiger partial charge in [-0.05, 0) is 84.9 Å². The van der Waals surface area contributed by atoms with E-state index in [1.165, 1.54) is 37.4 Å². The molecule has 4 rings (SSSR count). The largest absolute Gasteiger partial charge is 0.496 e. The van der Waals surface area contributed by atoms with E-state index >= 15 is 4.39 Å². The normalized spacial score (nSPS) is 13.9. The number of esters is 1. The van der Waals surface area contributed by atoms with Crippen LogP contribution in [-0.4, -0.2) is 18.2 Å². The first-order valence-corrected chi connectivity index (χ1v) is 13.4. The van der Waals surface area contributed by atoms with Crippen LogP contribution in [0.15, 0.2) is 47.5 Å². The Bertz CT molecular complexity index is 1520. The van der Waals surface area contributed by atoms with Gasteiger partial charge in [-0.15, -0.1) is 0 Å². The van der Waals surface area contributed by atoms with E-state index in [2.05, 4.69) is 41.1 Å². The molecule has 0 heterocycles. The van der Waals surface area contributed by atoms with E-state index in [4.69, 9.17) is 21.1 Å². The summed E-state index contributed by atoms with van der Waals surface area (Å²) < 4.78 is 40.9. The predicted octanol–water partition coefficient (Wildman–Crippen LogP) is 8.28. The molecule has 1 aliphatic carbocycles. The molecule has 4 nitrogen and oxygen atoms in total. The number of aliphatic imine (C=N–C) groups is 1. The van der Waals surface area contributed by atoms with Crippen LogP contribution in [0.1, 0.15) is 65.2 Å². The second-order valence-corrected chi connectivity index (χ2v) is 9.90. The van der Waals surface area contributed by atoms with E-state index in [9.17, 15) is 9.18 Å². The quantitative estimate of drug-likeness (QED) is 0.0951. The van der Waals surface area contributed by atoms with E-state index in [-0.39, 0.29) is 27.6 Å². The van der Waals surface area contributed by atoms with Crippen molar-refractivity contribution in [3.63, 3.8) is 0 Å². The Balaban J connectivity index is 1.54. The molecule has 0 spiro atoms. The molecule has 0 aromatic heterocycles. The average Bonchev–Trinajstić information content (AvgIpc) is 2.93. The topological polar surface area (TPSA) is 47.9 Å². The zero-order valence-electron chi connectivity index (χ0n) is 21.6. The molecule has 0 saturated carbocycles. The molecule has 200 valence electrons. The number of fused-ring (bicyclic) bond motifs is 1. The fraction of sp³-hybridized carbons (Fsp3) is 0.290. The molecule has 0 bridgehead atoms. The number of carbonyl (C=O) groups is 1. The van der Waals surface area contributed by atoms with Crippen LogP contribution in [0.4, 0.5) is 14.5 Å². The van der Waals surface area contributed by atoms with Gasteiger partial charge in [0.2, 0.25) is 0 Å². The Labute approximate surface area is 237 Å². The number of hydrogen-bond donors (Lipinski definition) is 0. The Morgan fingerprint density at radius 1 is 1.18 bits per heavy atom. The fourth-order valence-electron chi connectivity index (χ4n) is 4.70. The Morgan fingerprint density at radius 2 is 2.00 bits per heavy atom. The van der Waals surface area contributed by atoms with Gasteiger partial charge in [0.1, 0.15) is 28.7 Å². The van der Waals surface area contributed by atoms with Gasteiger partial charge < -0.3 is 9.47 Å². The summed E-state index contributed by atoms with van der Waals surface area (Å²) in [5.41, 5.74) is 2.02. The second kappa shape index (κ2) is 13.0. The standard InChI is InChI=1S/C31H26ClF2NO3S/c1-3-4-5-19-6-10-23-21(14-19)16-27(33)24(30(23)34)11-7-20-8-12-25(29(15-20)37-2)31(36)38-22-9-13-28(35-18-39)26(32)17-22/h8-9,12-13,15-17,19H,3-6,10,14H2,1-2H3. The summed E-state index contributed by atoms with van der Waals surface area (Å²) >= 11 is 10.7. The molecule has 0 radical (unpaired) electrons. The maximum absolute atomic E-state index is 15.3. The maximum Gasteiger partial charge on any atom is 0.347 e. The Kier molecular flexibility index (Phi) is 9.48. The summed E-state index contributed by atoms with van der Waals surface area (Å²) in [5, 5.41) is 2.47.